The van der Waals surface area contributed by atoms with Gasteiger partial charge in [-0.3, -0.25) is 4.98 Å². The molecule has 0 spiro atoms. The van der Waals surface area contributed by atoms with Crippen LogP contribution in [0.1, 0.15) is 10.4 Å². The van der Waals surface area contributed by atoms with E-state index in [4.69, 9.17) is 0 Å². The van der Waals surface area contributed by atoms with Gasteiger partial charge in [-0.1, -0.05) is 42.5 Å². The fourth-order valence-electron chi connectivity index (χ4n) is 3.04. The van der Waals surface area contributed by atoms with E-state index in [1.165, 1.54) is 12.1 Å². The quantitative estimate of drug-likeness (QED) is 0.487. The summed E-state index contributed by atoms with van der Waals surface area (Å²) in [6.45, 7) is 0. The second-order valence-corrected chi connectivity index (χ2v) is 5.99. The van der Waals surface area contributed by atoms with Gasteiger partial charge in [0, 0.05) is 17.1 Å². The van der Waals surface area contributed by atoms with Crippen molar-refractivity contribution < 1.29 is 14.3 Å². The van der Waals surface area contributed by atoms with Crippen LogP contribution in [0, 0.1) is 5.82 Å². The molecule has 0 saturated heterocycles. The third kappa shape index (κ3) is 3.66. The van der Waals surface area contributed by atoms with Crippen molar-refractivity contribution in [1.82, 2.24) is 4.98 Å². The number of fused-ring (bicyclic) bond motifs is 1. The zero-order valence-corrected chi connectivity index (χ0v) is 14.9. The first kappa shape index (κ1) is 18.5. The summed E-state index contributed by atoms with van der Waals surface area (Å²) in [4.78, 5) is 15.9. The Hall–Kier alpha value is -3.24. The zero-order valence-electron chi connectivity index (χ0n) is 14.1. The molecule has 0 aliphatic heterocycles. The van der Waals surface area contributed by atoms with Gasteiger partial charge in [0.1, 0.15) is 5.82 Å². The lowest BCUT2D eigenvalue weighted by molar-refractivity contribution is 0.0697. The van der Waals surface area contributed by atoms with Gasteiger partial charge in [0.15, 0.2) is 0 Å². The highest BCUT2D eigenvalue weighted by Gasteiger charge is 2.11. The van der Waals surface area contributed by atoms with E-state index in [0.29, 0.717) is 5.56 Å². The molecule has 4 rings (SSSR count). The monoisotopic (exact) mass is 379 g/mol. The summed E-state index contributed by atoms with van der Waals surface area (Å²) in [5.74, 6) is -1.25. The highest BCUT2D eigenvalue weighted by atomic mass is 35.5. The summed E-state index contributed by atoms with van der Waals surface area (Å²) >= 11 is 0. The van der Waals surface area contributed by atoms with Crippen molar-refractivity contribution in [3.63, 3.8) is 0 Å². The molecule has 0 atom stereocenters. The van der Waals surface area contributed by atoms with Gasteiger partial charge >= 0.3 is 5.97 Å². The largest absolute Gasteiger partial charge is 0.478 e. The smallest absolute Gasteiger partial charge is 0.336 e. The second kappa shape index (κ2) is 7.56. The van der Waals surface area contributed by atoms with E-state index in [1.807, 2.05) is 36.4 Å². The number of carbonyl (C=O) groups is 1. The van der Waals surface area contributed by atoms with Gasteiger partial charge in [-0.15, -0.1) is 12.4 Å². The Morgan fingerprint density at radius 2 is 1.67 bits per heavy atom. The Morgan fingerprint density at radius 3 is 2.44 bits per heavy atom. The molecular weight excluding hydrogens is 365 g/mol. The van der Waals surface area contributed by atoms with Crippen LogP contribution in [-0.2, 0) is 0 Å². The number of carboxylic acids is 1. The van der Waals surface area contributed by atoms with Gasteiger partial charge in [-0.2, -0.15) is 0 Å². The third-order valence-electron chi connectivity index (χ3n) is 4.31. The van der Waals surface area contributed by atoms with Gasteiger partial charge < -0.3 is 5.11 Å². The number of rotatable bonds is 3. The number of pyridine rings is 1. The molecule has 0 fully saturated rings. The molecule has 0 aliphatic rings. The van der Waals surface area contributed by atoms with Gasteiger partial charge in [0.05, 0.1) is 11.1 Å². The van der Waals surface area contributed by atoms with E-state index >= 15 is 0 Å². The summed E-state index contributed by atoms with van der Waals surface area (Å²) in [5, 5.41) is 10.3. The van der Waals surface area contributed by atoms with Crippen LogP contribution in [0.5, 0.6) is 0 Å². The lowest BCUT2D eigenvalue weighted by atomic mass is 9.98. The average Bonchev–Trinajstić information content (AvgIpc) is 2.67. The predicted octanol–water partition coefficient (Wildman–Crippen LogP) is 5.83. The molecule has 1 aromatic heterocycles. The molecule has 0 saturated carbocycles. The van der Waals surface area contributed by atoms with Gasteiger partial charge in [-0.25, -0.2) is 9.18 Å². The lowest BCUT2D eigenvalue weighted by Crippen LogP contribution is -1.99. The van der Waals surface area contributed by atoms with Crippen molar-refractivity contribution in [3.05, 3.63) is 90.4 Å². The van der Waals surface area contributed by atoms with E-state index in [2.05, 4.69) is 4.98 Å². The number of nitrogens with zero attached hydrogens (tertiary/aromatic N) is 1. The maximum absolute atomic E-state index is 13.4. The van der Waals surface area contributed by atoms with Crippen LogP contribution < -0.4 is 0 Å². The fraction of sp³-hybridized carbons (Fsp3) is 0. The van der Waals surface area contributed by atoms with E-state index < -0.39 is 5.97 Å². The van der Waals surface area contributed by atoms with Crippen LogP contribution in [-0.4, -0.2) is 16.1 Å². The first-order valence-electron chi connectivity index (χ1n) is 8.10. The number of carboxylic acid groups (broad SMARTS) is 1. The van der Waals surface area contributed by atoms with Crippen molar-refractivity contribution in [2.24, 2.45) is 0 Å². The molecule has 0 unspecified atom stereocenters. The normalized spacial score (nSPS) is 10.4. The van der Waals surface area contributed by atoms with Crippen molar-refractivity contribution in [1.29, 1.82) is 0 Å². The van der Waals surface area contributed by atoms with Gasteiger partial charge in [-0.05, 0) is 47.0 Å². The molecule has 0 radical (unpaired) electrons. The molecule has 0 amide bonds. The Balaban J connectivity index is 0.00000210. The van der Waals surface area contributed by atoms with Crippen LogP contribution in [0.15, 0.2) is 79.0 Å². The minimum Gasteiger partial charge on any atom is -0.478 e. The summed E-state index contributed by atoms with van der Waals surface area (Å²) in [6, 6.07) is 20.9. The maximum Gasteiger partial charge on any atom is 0.336 e. The molecule has 0 aliphatic carbocycles. The van der Waals surface area contributed by atoms with E-state index in [9.17, 15) is 14.3 Å². The number of benzene rings is 3. The van der Waals surface area contributed by atoms with Gasteiger partial charge in [0.25, 0.3) is 0 Å². The first-order valence-corrected chi connectivity index (χ1v) is 8.10. The van der Waals surface area contributed by atoms with Crippen LogP contribution in [0.25, 0.3) is 33.2 Å². The predicted molar refractivity (Wildman–Crippen MR) is 107 cm³/mol. The van der Waals surface area contributed by atoms with E-state index in [0.717, 1.165) is 27.6 Å². The van der Waals surface area contributed by atoms with E-state index in [-0.39, 0.29) is 23.8 Å². The van der Waals surface area contributed by atoms with Crippen molar-refractivity contribution in [3.8, 4) is 22.3 Å². The highest BCUT2D eigenvalue weighted by molar-refractivity contribution is 5.97. The summed E-state index contributed by atoms with van der Waals surface area (Å²) in [7, 11) is 0. The molecule has 3 aromatic carbocycles. The molecule has 5 heteroatoms. The van der Waals surface area contributed by atoms with Crippen molar-refractivity contribution in [2.45, 2.75) is 0 Å². The van der Waals surface area contributed by atoms with Crippen molar-refractivity contribution in [2.75, 3.05) is 0 Å². The number of aromatic nitrogens is 1. The molecule has 4 aromatic rings. The number of hydrogen-bond acceptors (Lipinski definition) is 2. The maximum atomic E-state index is 13.4. The summed E-state index contributed by atoms with van der Waals surface area (Å²) < 4.78 is 13.4. The van der Waals surface area contributed by atoms with E-state index in [1.54, 1.807) is 30.5 Å². The topological polar surface area (TPSA) is 50.2 Å². The Labute approximate surface area is 161 Å². The molecule has 0 bridgehead atoms. The minimum absolute atomic E-state index is 0. The lowest BCUT2D eigenvalue weighted by Gasteiger charge is -2.08. The molecule has 1 heterocycles. The van der Waals surface area contributed by atoms with Crippen LogP contribution in [0.4, 0.5) is 4.39 Å². The molecule has 27 heavy (non-hydrogen) atoms. The summed E-state index contributed by atoms with van der Waals surface area (Å²) in [5.41, 5.74) is 4.04. The van der Waals surface area contributed by atoms with Gasteiger partial charge in [0.2, 0.25) is 0 Å². The molecular formula is C22H15ClFNO2. The number of aromatic carboxylic acids is 1. The Bertz CT molecular complexity index is 1140. The Morgan fingerprint density at radius 1 is 0.852 bits per heavy atom. The summed E-state index contributed by atoms with van der Waals surface area (Å²) in [6.07, 6.45) is 1.70. The van der Waals surface area contributed by atoms with Crippen molar-refractivity contribution >= 4 is 29.3 Å². The standard InChI is InChI=1S/C22H14FNO2.ClH/c23-18-5-3-4-14(11-18)17-10-16-9-8-15(12-21(16)24-13-17)19-6-1-2-7-20(19)22(25)26;/h1-13H,(H,25,26);1H. The minimum atomic E-state index is -0.963. The van der Waals surface area contributed by atoms with Crippen LogP contribution in [0.2, 0.25) is 0 Å². The Kier molecular flexibility index (Phi) is 5.19. The SMILES string of the molecule is Cl.O=C(O)c1ccccc1-c1ccc2cc(-c3cccc(F)c3)cnc2c1. The fourth-order valence-corrected chi connectivity index (χ4v) is 3.04. The number of hydrogen-bond donors (Lipinski definition) is 1. The zero-order chi connectivity index (χ0) is 18.1. The second-order valence-electron chi connectivity index (χ2n) is 5.99. The highest BCUT2D eigenvalue weighted by Crippen LogP contribution is 2.29. The molecule has 1 N–H and O–H groups in total. The first-order chi connectivity index (χ1) is 12.6. The van der Waals surface area contributed by atoms with Crippen LogP contribution >= 0.6 is 12.4 Å². The van der Waals surface area contributed by atoms with Crippen LogP contribution in [0.3, 0.4) is 0 Å². The third-order valence-corrected chi connectivity index (χ3v) is 4.31. The molecule has 3 nitrogen and oxygen atoms in total. The average molecular weight is 380 g/mol. The number of halogens is 2. The molecule has 134 valence electrons.